The second-order valence-electron chi connectivity index (χ2n) is 4.52. The van der Waals surface area contributed by atoms with Crippen LogP contribution in [0.25, 0.3) is 0 Å². The first-order valence-corrected chi connectivity index (χ1v) is 5.59. The van der Waals surface area contributed by atoms with Crippen LogP contribution < -0.4 is 5.73 Å². The Morgan fingerprint density at radius 3 is 2.93 bits per heavy atom. The molecule has 2 rings (SSSR count). The highest BCUT2D eigenvalue weighted by Crippen LogP contribution is 2.36. The van der Waals surface area contributed by atoms with Crippen LogP contribution in [0, 0.1) is 5.92 Å². The van der Waals surface area contributed by atoms with Gasteiger partial charge in [-0.05, 0) is 48.8 Å². The summed E-state index contributed by atoms with van der Waals surface area (Å²) < 4.78 is 0. The third kappa shape index (κ3) is 1.83. The Morgan fingerprint density at radius 1 is 1.36 bits per heavy atom. The zero-order valence-corrected chi connectivity index (χ0v) is 8.87. The molecule has 0 spiro atoms. The zero-order chi connectivity index (χ0) is 9.97. The normalized spacial score (nSPS) is 25.9. The van der Waals surface area contributed by atoms with Gasteiger partial charge in [0, 0.05) is 0 Å². The van der Waals surface area contributed by atoms with Crippen molar-refractivity contribution < 1.29 is 0 Å². The Labute approximate surface area is 86.3 Å². The van der Waals surface area contributed by atoms with Crippen molar-refractivity contribution in [3.8, 4) is 0 Å². The lowest BCUT2D eigenvalue weighted by molar-refractivity contribution is 0.418. The van der Waals surface area contributed by atoms with Gasteiger partial charge in [-0.25, -0.2) is 0 Å². The van der Waals surface area contributed by atoms with E-state index in [1.54, 1.807) is 11.1 Å². The van der Waals surface area contributed by atoms with Crippen LogP contribution in [0.3, 0.4) is 0 Å². The minimum absolute atomic E-state index is 0.708. The zero-order valence-electron chi connectivity index (χ0n) is 8.87. The highest BCUT2D eigenvalue weighted by molar-refractivity contribution is 5.33. The van der Waals surface area contributed by atoms with Crippen molar-refractivity contribution in [2.75, 3.05) is 6.54 Å². The van der Waals surface area contributed by atoms with E-state index in [4.69, 9.17) is 5.73 Å². The second-order valence-corrected chi connectivity index (χ2v) is 4.52. The highest BCUT2D eigenvalue weighted by atomic mass is 14.5. The fourth-order valence-corrected chi connectivity index (χ4v) is 2.66. The molecule has 14 heavy (non-hydrogen) atoms. The van der Waals surface area contributed by atoms with Crippen LogP contribution in [0.15, 0.2) is 24.3 Å². The van der Waals surface area contributed by atoms with Gasteiger partial charge in [0.2, 0.25) is 0 Å². The molecule has 0 bridgehead atoms. The Kier molecular flexibility index (Phi) is 2.87. The predicted octanol–water partition coefficient (Wildman–Crippen LogP) is 2.70. The Balaban J connectivity index is 2.28. The largest absolute Gasteiger partial charge is 0.330 e. The van der Waals surface area contributed by atoms with E-state index < -0.39 is 0 Å². The van der Waals surface area contributed by atoms with Gasteiger partial charge in [-0.3, -0.25) is 0 Å². The number of fused-ring (bicyclic) bond motifs is 1. The predicted molar refractivity (Wildman–Crippen MR) is 60.3 cm³/mol. The quantitative estimate of drug-likeness (QED) is 0.760. The number of hydrogen-bond acceptors (Lipinski definition) is 1. The average molecular weight is 189 g/mol. The molecule has 1 heteroatoms. The van der Waals surface area contributed by atoms with Crippen molar-refractivity contribution in [1.82, 2.24) is 0 Å². The Morgan fingerprint density at radius 2 is 2.14 bits per heavy atom. The summed E-state index contributed by atoms with van der Waals surface area (Å²) in [6.45, 7) is 3.16. The molecular formula is C13H19N. The fraction of sp³-hybridized carbons (Fsp3) is 0.538. The minimum atomic E-state index is 0.708. The molecule has 2 atom stereocenters. The van der Waals surface area contributed by atoms with Crippen LogP contribution >= 0.6 is 0 Å². The smallest absolute Gasteiger partial charge is 0.00714 e. The molecule has 0 heterocycles. The van der Waals surface area contributed by atoms with Gasteiger partial charge < -0.3 is 5.73 Å². The van der Waals surface area contributed by atoms with Gasteiger partial charge in [-0.1, -0.05) is 31.2 Å². The molecule has 1 aliphatic carbocycles. The van der Waals surface area contributed by atoms with E-state index in [1.807, 2.05) is 0 Å². The van der Waals surface area contributed by atoms with Gasteiger partial charge in [0.05, 0.1) is 0 Å². The molecule has 76 valence electrons. The maximum absolute atomic E-state index is 5.66. The standard InChI is InChI=1S/C13H19N/c1-10-8-11-4-2-3-5-13(11)12(9-10)6-7-14/h2-5,10,12H,6-9,14H2,1H3. The number of hydrogen-bond donors (Lipinski definition) is 1. The molecule has 0 saturated heterocycles. The molecular weight excluding hydrogens is 170 g/mol. The molecule has 1 aromatic rings. The van der Waals surface area contributed by atoms with E-state index in [0.717, 1.165) is 18.9 Å². The summed E-state index contributed by atoms with van der Waals surface area (Å²) in [7, 11) is 0. The summed E-state index contributed by atoms with van der Waals surface area (Å²) in [4.78, 5) is 0. The van der Waals surface area contributed by atoms with Crippen molar-refractivity contribution >= 4 is 0 Å². The molecule has 1 nitrogen and oxygen atoms in total. The van der Waals surface area contributed by atoms with Gasteiger partial charge in [-0.2, -0.15) is 0 Å². The highest BCUT2D eigenvalue weighted by Gasteiger charge is 2.23. The topological polar surface area (TPSA) is 26.0 Å². The Hall–Kier alpha value is -0.820. The van der Waals surface area contributed by atoms with Crippen molar-refractivity contribution in [2.45, 2.75) is 32.1 Å². The van der Waals surface area contributed by atoms with Crippen molar-refractivity contribution in [1.29, 1.82) is 0 Å². The summed E-state index contributed by atoms with van der Waals surface area (Å²) in [5.74, 6) is 1.53. The van der Waals surface area contributed by atoms with Gasteiger partial charge in [0.1, 0.15) is 0 Å². The lowest BCUT2D eigenvalue weighted by Crippen LogP contribution is -2.18. The van der Waals surface area contributed by atoms with Crippen LogP contribution in [0.2, 0.25) is 0 Å². The van der Waals surface area contributed by atoms with E-state index in [0.29, 0.717) is 5.92 Å². The third-order valence-corrected chi connectivity index (χ3v) is 3.27. The molecule has 1 aliphatic rings. The maximum atomic E-state index is 5.66. The summed E-state index contributed by atoms with van der Waals surface area (Å²) >= 11 is 0. The van der Waals surface area contributed by atoms with E-state index in [2.05, 4.69) is 31.2 Å². The van der Waals surface area contributed by atoms with Crippen molar-refractivity contribution in [2.24, 2.45) is 11.7 Å². The monoisotopic (exact) mass is 189 g/mol. The van der Waals surface area contributed by atoms with Crippen molar-refractivity contribution in [3.63, 3.8) is 0 Å². The fourth-order valence-electron chi connectivity index (χ4n) is 2.66. The first-order valence-electron chi connectivity index (χ1n) is 5.59. The molecule has 0 saturated carbocycles. The molecule has 0 radical (unpaired) electrons. The molecule has 0 aromatic heterocycles. The second kappa shape index (κ2) is 4.14. The first kappa shape index (κ1) is 9.72. The SMILES string of the molecule is CC1Cc2ccccc2C(CCN)C1. The van der Waals surface area contributed by atoms with Crippen LogP contribution in [0.1, 0.15) is 36.8 Å². The van der Waals surface area contributed by atoms with E-state index >= 15 is 0 Å². The molecule has 1 aromatic carbocycles. The van der Waals surface area contributed by atoms with E-state index in [1.165, 1.54) is 12.8 Å². The molecule has 0 fully saturated rings. The summed E-state index contributed by atoms with van der Waals surface area (Å²) in [5.41, 5.74) is 8.76. The van der Waals surface area contributed by atoms with Crippen LogP contribution in [0.4, 0.5) is 0 Å². The van der Waals surface area contributed by atoms with Gasteiger partial charge in [0.25, 0.3) is 0 Å². The minimum Gasteiger partial charge on any atom is -0.330 e. The number of benzene rings is 1. The lowest BCUT2D eigenvalue weighted by Gasteiger charge is -2.29. The van der Waals surface area contributed by atoms with E-state index in [9.17, 15) is 0 Å². The molecule has 0 amide bonds. The van der Waals surface area contributed by atoms with Gasteiger partial charge in [0.15, 0.2) is 0 Å². The Bertz CT molecular complexity index is 306. The molecule has 0 aliphatic heterocycles. The lowest BCUT2D eigenvalue weighted by atomic mass is 9.76. The van der Waals surface area contributed by atoms with Crippen LogP contribution in [-0.2, 0) is 6.42 Å². The van der Waals surface area contributed by atoms with E-state index in [-0.39, 0.29) is 0 Å². The van der Waals surface area contributed by atoms with Crippen LogP contribution in [-0.4, -0.2) is 6.54 Å². The summed E-state index contributed by atoms with van der Waals surface area (Å²) in [6, 6.07) is 8.85. The third-order valence-electron chi connectivity index (χ3n) is 3.27. The number of nitrogens with two attached hydrogens (primary N) is 1. The molecule has 2 unspecified atom stereocenters. The average Bonchev–Trinajstić information content (AvgIpc) is 2.18. The van der Waals surface area contributed by atoms with Crippen molar-refractivity contribution in [3.05, 3.63) is 35.4 Å². The van der Waals surface area contributed by atoms with Crippen LogP contribution in [0.5, 0.6) is 0 Å². The maximum Gasteiger partial charge on any atom is -0.00714 e. The van der Waals surface area contributed by atoms with Gasteiger partial charge in [-0.15, -0.1) is 0 Å². The number of rotatable bonds is 2. The summed E-state index contributed by atoms with van der Waals surface area (Å²) in [6.07, 6.45) is 3.70. The molecule has 2 N–H and O–H groups in total. The first-order chi connectivity index (χ1) is 6.81. The summed E-state index contributed by atoms with van der Waals surface area (Å²) in [5, 5.41) is 0. The van der Waals surface area contributed by atoms with Gasteiger partial charge >= 0.3 is 0 Å².